The van der Waals surface area contributed by atoms with Gasteiger partial charge in [0.25, 0.3) is 11.8 Å². The Hall–Kier alpha value is -3.85. The third-order valence-corrected chi connectivity index (χ3v) is 5.32. The van der Waals surface area contributed by atoms with E-state index in [1.807, 2.05) is 0 Å². The van der Waals surface area contributed by atoms with E-state index in [-0.39, 0.29) is 22.8 Å². The Kier molecular flexibility index (Phi) is 5.59. The van der Waals surface area contributed by atoms with E-state index in [0.717, 1.165) is 23.5 Å². The van der Waals surface area contributed by atoms with Gasteiger partial charge in [-0.3, -0.25) is 14.9 Å². The van der Waals surface area contributed by atoms with Gasteiger partial charge >= 0.3 is 0 Å². The number of anilines is 1. The zero-order chi connectivity index (χ0) is 22.0. The van der Waals surface area contributed by atoms with Crippen molar-refractivity contribution >= 4 is 38.5 Å². The first-order valence-electron chi connectivity index (χ1n) is 9.08. The molecule has 6 nitrogen and oxygen atoms in total. The van der Waals surface area contributed by atoms with Crippen LogP contribution in [0.5, 0.6) is 5.75 Å². The summed E-state index contributed by atoms with van der Waals surface area (Å²) in [5.41, 5.74) is 6.91. The highest BCUT2D eigenvalue weighted by Crippen LogP contribution is 2.28. The maximum absolute atomic E-state index is 13.4. The molecule has 3 aromatic carbocycles. The number of halogens is 2. The van der Waals surface area contributed by atoms with Crippen LogP contribution in [0.2, 0.25) is 0 Å². The van der Waals surface area contributed by atoms with Gasteiger partial charge in [0, 0.05) is 11.6 Å². The van der Waals surface area contributed by atoms with Crippen LogP contribution in [0.4, 0.5) is 13.9 Å². The maximum Gasteiger partial charge on any atom is 0.257 e. The van der Waals surface area contributed by atoms with E-state index in [1.54, 1.807) is 48.5 Å². The van der Waals surface area contributed by atoms with Crippen molar-refractivity contribution in [3.05, 3.63) is 89.0 Å². The van der Waals surface area contributed by atoms with Crippen LogP contribution in [-0.2, 0) is 6.61 Å². The molecule has 4 rings (SSSR count). The number of ether oxygens (including phenoxy) is 1. The molecule has 0 atom stereocenters. The van der Waals surface area contributed by atoms with E-state index in [0.29, 0.717) is 21.6 Å². The Labute approximate surface area is 179 Å². The number of nitrogens with one attached hydrogen (secondary N) is 1. The van der Waals surface area contributed by atoms with Crippen LogP contribution in [0, 0.1) is 11.6 Å². The zero-order valence-corrected chi connectivity index (χ0v) is 16.7. The Morgan fingerprint density at radius 3 is 2.61 bits per heavy atom. The average Bonchev–Trinajstić information content (AvgIpc) is 3.13. The molecule has 0 spiro atoms. The van der Waals surface area contributed by atoms with Gasteiger partial charge in [-0.2, -0.15) is 0 Å². The van der Waals surface area contributed by atoms with Gasteiger partial charge in [-0.25, -0.2) is 13.8 Å². The number of thiazole rings is 1. The molecule has 0 saturated carbocycles. The molecule has 9 heteroatoms. The second-order valence-corrected chi connectivity index (χ2v) is 7.59. The summed E-state index contributed by atoms with van der Waals surface area (Å²) in [6, 6.07) is 15.3. The molecule has 0 aliphatic heterocycles. The number of fused-ring (bicyclic) bond motifs is 1. The topological polar surface area (TPSA) is 94.3 Å². The smallest absolute Gasteiger partial charge is 0.257 e. The molecule has 0 radical (unpaired) electrons. The van der Waals surface area contributed by atoms with Gasteiger partial charge in [0.2, 0.25) is 0 Å². The van der Waals surface area contributed by atoms with Crippen LogP contribution < -0.4 is 15.8 Å². The fourth-order valence-electron chi connectivity index (χ4n) is 2.91. The fraction of sp³-hybridized carbons (Fsp3) is 0.0455. The number of carbonyl (C=O) groups excluding carboxylic acids is 2. The average molecular weight is 439 g/mol. The SMILES string of the molecule is NC(=O)c1ccccc1OCc1cccc(C(=O)Nc2nc3cc(F)c(F)cc3s2)c1. The summed E-state index contributed by atoms with van der Waals surface area (Å²) in [5, 5.41) is 2.86. The number of primary amides is 1. The van der Waals surface area contributed by atoms with Crippen molar-refractivity contribution in [2.45, 2.75) is 6.61 Å². The third kappa shape index (κ3) is 4.51. The quantitative estimate of drug-likeness (QED) is 0.462. The lowest BCUT2D eigenvalue weighted by molar-refractivity contribution is 0.0994. The number of nitrogens with two attached hydrogens (primary N) is 1. The monoisotopic (exact) mass is 439 g/mol. The Morgan fingerprint density at radius 1 is 1.03 bits per heavy atom. The molecule has 2 amide bonds. The van der Waals surface area contributed by atoms with Gasteiger partial charge in [-0.15, -0.1) is 0 Å². The standard InChI is InChI=1S/C22H15F2N3O3S/c23-15-9-17-19(10-16(15)24)31-22(26-17)27-21(29)13-5-3-4-12(8-13)11-30-18-7-2-1-6-14(18)20(25)28/h1-10H,11H2,(H2,25,28)(H,26,27,29). The molecular weight excluding hydrogens is 424 g/mol. The van der Waals surface area contributed by atoms with Crippen LogP contribution in [0.25, 0.3) is 10.2 Å². The van der Waals surface area contributed by atoms with Crippen molar-refractivity contribution in [3.63, 3.8) is 0 Å². The summed E-state index contributed by atoms with van der Waals surface area (Å²) >= 11 is 1.04. The van der Waals surface area contributed by atoms with Crippen molar-refractivity contribution in [1.82, 2.24) is 4.98 Å². The predicted molar refractivity (Wildman–Crippen MR) is 113 cm³/mol. The number of carbonyl (C=O) groups is 2. The minimum atomic E-state index is -0.999. The van der Waals surface area contributed by atoms with Crippen molar-refractivity contribution in [1.29, 1.82) is 0 Å². The van der Waals surface area contributed by atoms with Crippen molar-refractivity contribution in [2.24, 2.45) is 5.73 Å². The molecule has 4 aromatic rings. The number of amides is 2. The lowest BCUT2D eigenvalue weighted by Gasteiger charge is -2.10. The fourth-order valence-corrected chi connectivity index (χ4v) is 3.77. The molecule has 0 unspecified atom stereocenters. The first kappa shape index (κ1) is 20.4. The van der Waals surface area contributed by atoms with Gasteiger partial charge in [0.15, 0.2) is 16.8 Å². The molecule has 0 saturated heterocycles. The predicted octanol–water partition coefficient (Wildman–Crippen LogP) is 4.50. The van der Waals surface area contributed by atoms with Crippen molar-refractivity contribution in [3.8, 4) is 5.75 Å². The zero-order valence-electron chi connectivity index (χ0n) is 15.9. The minimum absolute atomic E-state index is 0.116. The number of hydrogen-bond donors (Lipinski definition) is 2. The van der Waals surface area contributed by atoms with Gasteiger partial charge in [0.05, 0.1) is 15.8 Å². The molecule has 156 valence electrons. The summed E-state index contributed by atoms with van der Waals surface area (Å²) in [4.78, 5) is 28.2. The number of benzene rings is 3. The van der Waals surface area contributed by atoms with Crippen LogP contribution in [0.3, 0.4) is 0 Å². The molecular formula is C22H15F2N3O3S. The third-order valence-electron chi connectivity index (χ3n) is 4.39. The minimum Gasteiger partial charge on any atom is -0.488 e. The summed E-state index contributed by atoms with van der Waals surface area (Å²) in [6.45, 7) is 0.116. The second-order valence-electron chi connectivity index (χ2n) is 6.56. The summed E-state index contributed by atoms with van der Waals surface area (Å²) < 4.78 is 32.8. The van der Waals surface area contributed by atoms with Crippen LogP contribution in [0.1, 0.15) is 26.3 Å². The van der Waals surface area contributed by atoms with E-state index in [9.17, 15) is 18.4 Å². The van der Waals surface area contributed by atoms with E-state index >= 15 is 0 Å². The number of rotatable bonds is 6. The number of aromatic nitrogens is 1. The lowest BCUT2D eigenvalue weighted by atomic mass is 10.1. The summed E-state index contributed by atoms with van der Waals surface area (Å²) in [7, 11) is 0. The normalized spacial score (nSPS) is 10.8. The van der Waals surface area contributed by atoms with Gasteiger partial charge in [-0.1, -0.05) is 35.6 Å². The first-order valence-corrected chi connectivity index (χ1v) is 9.90. The first-order chi connectivity index (χ1) is 14.9. The van der Waals surface area contributed by atoms with E-state index in [4.69, 9.17) is 10.5 Å². The van der Waals surface area contributed by atoms with Gasteiger partial charge in [0.1, 0.15) is 12.4 Å². The number of hydrogen-bond acceptors (Lipinski definition) is 5. The Morgan fingerprint density at radius 2 is 1.81 bits per heavy atom. The maximum atomic E-state index is 13.4. The van der Waals surface area contributed by atoms with Crippen LogP contribution in [-0.4, -0.2) is 16.8 Å². The molecule has 0 fully saturated rings. The van der Waals surface area contributed by atoms with E-state index in [2.05, 4.69) is 10.3 Å². The van der Waals surface area contributed by atoms with E-state index < -0.39 is 23.4 Å². The summed E-state index contributed by atoms with van der Waals surface area (Å²) in [5.74, 6) is -2.65. The molecule has 0 aliphatic rings. The summed E-state index contributed by atoms with van der Waals surface area (Å²) in [6.07, 6.45) is 0. The van der Waals surface area contributed by atoms with Crippen molar-refractivity contribution < 1.29 is 23.1 Å². The highest BCUT2D eigenvalue weighted by Gasteiger charge is 2.14. The largest absolute Gasteiger partial charge is 0.488 e. The van der Waals surface area contributed by atoms with Gasteiger partial charge < -0.3 is 10.5 Å². The highest BCUT2D eigenvalue weighted by molar-refractivity contribution is 7.22. The number of para-hydroxylation sites is 1. The lowest BCUT2D eigenvalue weighted by Crippen LogP contribution is -2.13. The molecule has 31 heavy (non-hydrogen) atoms. The van der Waals surface area contributed by atoms with E-state index in [1.165, 1.54) is 0 Å². The molecule has 3 N–H and O–H groups in total. The highest BCUT2D eigenvalue weighted by atomic mass is 32.1. The Bertz CT molecular complexity index is 1270. The van der Waals surface area contributed by atoms with Crippen LogP contribution >= 0.6 is 11.3 Å². The number of nitrogens with zero attached hydrogens (tertiary/aromatic N) is 1. The molecule has 0 bridgehead atoms. The second kappa shape index (κ2) is 8.49. The molecule has 1 heterocycles. The molecule has 0 aliphatic carbocycles. The van der Waals surface area contributed by atoms with Crippen molar-refractivity contribution in [2.75, 3.05) is 5.32 Å². The van der Waals surface area contributed by atoms with Crippen LogP contribution in [0.15, 0.2) is 60.7 Å². The molecule has 1 aromatic heterocycles. The van der Waals surface area contributed by atoms with Gasteiger partial charge in [-0.05, 0) is 35.9 Å². The Balaban J connectivity index is 1.48.